The molecule has 1 N–H and O–H groups in total. The van der Waals surface area contributed by atoms with Gasteiger partial charge in [-0.1, -0.05) is 41.4 Å². The van der Waals surface area contributed by atoms with Crippen LogP contribution < -0.4 is 5.32 Å². The van der Waals surface area contributed by atoms with E-state index in [1.807, 2.05) is 36.4 Å². The number of nitrogens with zero attached hydrogens (tertiary/aromatic N) is 1. The van der Waals surface area contributed by atoms with Crippen molar-refractivity contribution in [2.24, 2.45) is 0 Å². The van der Waals surface area contributed by atoms with Crippen molar-refractivity contribution in [1.82, 2.24) is 4.98 Å². The molecule has 19 heavy (non-hydrogen) atoms. The zero-order valence-corrected chi connectivity index (χ0v) is 11.4. The Balaban J connectivity index is 1.78. The van der Waals surface area contributed by atoms with Crippen LogP contribution in [0.25, 0.3) is 11.1 Å². The third-order valence-electron chi connectivity index (χ3n) is 2.73. The molecule has 3 aromatic rings. The van der Waals surface area contributed by atoms with Crippen LogP contribution in [-0.2, 0) is 6.54 Å². The van der Waals surface area contributed by atoms with Crippen molar-refractivity contribution in [2.75, 3.05) is 5.32 Å². The van der Waals surface area contributed by atoms with E-state index in [2.05, 4.69) is 10.3 Å². The van der Waals surface area contributed by atoms with Crippen molar-refractivity contribution < 1.29 is 4.42 Å². The van der Waals surface area contributed by atoms with E-state index in [-0.39, 0.29) is 0 Å². The van der Waals surface area contributed by atoms with Crippen molar-refractivity contribution in [3.63, 3.8) is 0 Å². The van der Waals surface area contributed by atoms with Gasteiger partial charge in [0.1, 0.15) is 5.52 Å². The molecule has 1 aromatic heterocycles. The quantitative estimate of drug-likeness (QED) is 0.757. The first-order valence-corrected chi connectivity index (χ1v) is 6.51. The van der Waals surface area contributed by atoms with Crippen LogP contribution in [0.4, 0.5) is 6.01 Å². The molecule has 0 bridgehead atoms. The Kier molecular flexibility index (Phi) is 3.32. The molecule has 3 nitrogen and oxygen atoms in total. The molecule has 0 saturated carbocycles. The Morgan fingerprint density at radius 1 is 1.05 bits per heavy atom. The summed E-state index contributed by atoms with van der Waals surface area (Å²) in [5.41, 5.74) is 2.44. The van der Waals surface area contributed by atoms with Crippen LogP contribution >= 0.6 is 23.2 Å². The number of rotatable bonds is 3. The normalized spacial score (nSPS) is 10.8. The zero-order valence-electron chi connectivity index (χ0n) is 9.86. The largest absolute Gasteiger partial charge is 0.423 e. The van der Waals surface area contributed by atoms with Gasteiger partial charge in [0.25, 0.3) is 6.01 Å². The molecule has 1 heterocycles. The molecule has 0 aliphatic rings. The number of anilines is 1. The van der Waals surface area contributed by atoms with E-state index in [1.165, 1.54) is 0 Å². The van der Waals surface area contributed by atoms with Crippen LogP contribution in [0.5, 0.6) is 0 Å². The van der Waals surface area contributed by atoms with Gasteiger partial charge in [-0.2, -0.15) is 4.98 Å². The van der Waals surface area contributed by atoms with E-state index in [9.17, 15) is 0 Å². The summed E-state index contributed by atoms with van der Waals surface area (Å²) in [6.07, 6.45) is 0. The predicted molar refractivity (Wildman–Crippen MR) is 77.8 cm³/mol. The molecular formula is C14H10Cl2N2O. The van der Waals surface area contributed by atoms with E-state index in [1.54, 1.807) is 6.07 Å². The maximum Gasteiger partial charge on any atom is 0.296 e. The first-order valence-electron chi connectivity index (χ1n) is 5.76. The first kappa shape index (κ1) is 12.3. The lowest BCUT2D eigenvalue weighted by atomic mass is 10.2. The molecule has 0 radical (unpaired) electrons. The number of fused-ring (bicyclic) bond motifs is 1. The third-order valence-corrected chi connectivity index (χ3v) is 3.28. The molecular weight excluding hydrogens is 283 g/mol. The minimum absolute atomic E-state index is 0.457. The molecule has 0 saturated heterocycles. The summed E-state index contributed by atoms with van der Waals surface area (Å²) in [6.45, 7) is 0.613. The third kappa shape index (κ3) is 2.67. The maximum absolute atomic E-state index is 6.04. The summed E-state index contributed by atoms with van der Waals surface area (Å²) >= 11 is 11.9. The fraction of sp³-hybridized carbons (Fsp3) is 0.0714. The zero-order chi connectivity index (χ0) is 13.2. The summed E-state index contributed by atoms with van der Waals surface area (Å²) in [5.74, 6) is 0. The Bertz CT molecular complexity index is 707. The van der Waals surface area contributed by atoms with Crippen molar-refractivity contribution >= 4 is 40.3 Å². The highest BCUT2D eigenvalue weighted by atomic mass is 35.5. The van der Waals surface area contributed by atoms with Crippen LogP contribution in [-0.4, -0.2) is 4.98 Å². The van der Waals surface area contributed by atoms with Crippen LogP contribution in [0, 0.1) is 0 Å². The molecule has 0 unspecified atom stereocenters. The average molecular weight is 293 g/mol. The van der Waals surface area contributed by atoms with Gasteiger partial charge in [-0.05, 0) is 29.8 Å². The number of nitrogens with one attached hydrogen (secondary N) is 1. The number of aromatic nitrogens is 1. The molecule has 96 valence electrons. The first-order chi connectivity index (χ1) is 9.22. The molecule has 0 atom stereocenters. The summed E-state index contributed by atoms with van der Waals surface area (Å²) in [6, 6.07) is 13.5. The Morgan fingerprint density at radius 3 is 2.58 bits per heavy atom. The summed E-state index contributed by atoms with van der Waals surface area (Å²) < 4.78 is 5.56. The minimum atomic E-state index is 0.457. The number of benzene rings is 2. The van der Waals surface area contributed by atoms with Gasteiger partial charge in [0.05, 0.1) is 5.02 Å². The second-order valence-corrected chi connectivity index (χ2v) is 4.93. The predicted octanol–water partition coefficient (Wildman–Crippen LogP) is 4.75. The molecule has 0 amide bonds. The second-order valence-electron chi connectivity index (χ2n) is 4.09. The number of oxazole rings is 1. The number of para-hydroxylation sites is 1. The molecule has 0 aliphatic heterocycles. The highest BCUT2D eigenvalue weighted by molar-refractivity contribution is 6.34. The van der Waals surface area contributed by atoms with Crippen LogP contribution in [0.15, 0.2) is 46.9 Å². The van der Waals surface area contributed by atoms with E-state index in [4.69, 9.17) is 27.6 Å². The standard InChI is InChI=1S/C14H10Cl2N2O/c15-10-6-4-9(5-7-10)8-17-14-18-13-11(16)2-1-3-12(13)19-14/h1-7H,8H2,(H,17,18). The van der Waals surface area contributed by atoms with Crippen molar-refractivity contribution in [3.05, 3.63) is 58.1 Å². The number of hydrogen-bond acceptors (Lipinski definition) is 3. The lowest BCUT2D eigenvalue weighted by Crippen LogP contribution is -1.98. The van der Waals surface area contributed by atoms with Gasteiger partial charge in [-0.15, -0.1) is 0 Å². The Labute approximate surface area is 120 Å². The van der Waals surface area contributed by atoms with Gasteiger partial charge in [-0.3, -0.25) is 0 Å². The van der Waals surface area contributed by atoms with Gasteiger partial charge in [0.15, 0.2) is 5.58 Å². The van der Waals surface area contributed by atoms with Crippen molar-refractivity contribution in [2.45, 2.75) is 6.54 Å². The molecule has 0 aliphatic carbocycles. The summed E-state index contributed by atoms with van der Waals surface area (Å²) in [4.78, 5) is 4.31. The molecule has 2 aromatic carbocycles. The molecule has 0 spiro atoms. The van der Waals surface area contributed by atoms with Gasteiger partial charge >= 0.3 is 0 Å². The van der Waals surface area contributed by atoms with Crippen LogP contribution in [0.3, 0.4) is 0 Å². The fourth-order valence-corrected chi connectivity index (χ4v) is 2.10. The van der Waals surface area contributed by atoms with E-state index in [0.717, 1.165) is 10.6 Å². The summed E-state index contributed by atoms with van der Waals surface area (Å²) in [5, 5.41) is 4.42. The maximum atomic E-state index is 6.04. The highest BCUT2D eigenvalue weighted by Gasteiger charge is 2.07. The van der Waals surface area contributed by atoms with Gasteiger partial charge in [-0.25, -0.2) is 0 Å². The minimum Gasteiger partial charge on any atom is -0.423 e. The van der Waals surface area contributed by atoms with Gasteiger partial charge in [0, 0.05) is 11.6 Å². The average Bonchev–Trinajstić information content (AvgIpc) is 2.83. The van der Waals surface area contributed by atoms with Crippen LogP contribution in [0.2, 0.25) is 10.0 Å². The van der Waals surface area contributed by atoms with Crippen LogP contribution in [0.1, 0.15) is 5.56 Å². The fourth-order valence-electron chi connectivity index (χ4n) is 1.77. The second kappa shape index (κ2) is 5.11. The lowest BCUT2D eigenvalue weighted by Gasteiger charge is -2.01. The highest BCUT2D eigenvalue weighted by Crippen LogP contribution is 2.25. The molecule has 0 fully saturated rings. The van der Waals surface area contributed by atoms with E-state index >= 15 is 0 Å². The topological polar surface area (TPSA) is 38.1 Å². The molecule has 3 rings (SSSR count). The molecule has 5 heteroatoms. The number of hydrogen-bond donors (Lipinski definition) is 1. The van der Waals surface area contributed by atoms with E-state index in [0.29, 0.717) is 28.7 Å². The van der Waals surface area contributed by atoms with Crippen molar-refractivity contribution in [1.29, 1.82) is 0 Å². The van der Waals surface area contributed by atoms with Gasteiger partial charge < -0.3 is 9.73 Å². The Hall–Kier alpha value is -1.71. The van der Waals surface area contributed by atoms with E-state index < -0.39 is 0 Å². The monoisotopic (exact) mass is 292 g/mol. The summed E-state index contributed by atoms with van der Waals surface area (Å²) in [7, 11) is 0. The SMILES string of the molecule is Clc1ccc(CNc2nc3c(Cl)cccc3o2)cc1. The smallest absolute Gasteiger partial charge is 0.296 e. The lowest BCUT2D eigenvalue weighted by molar-refractivity contribution is 0.614. The Morgan fingerprint density at radius 2 is 1.84 bits per heavy atom. The van der Waals surface area contributed by atoms with Crippen molar-refractivity contribution in [3.8, 4) is 0 Å². The van der Waals surface area contributed by atoms with Gasteiger partial charge in [0.2, 0.25) is 0 Å². The number of halogens is 2.